The molecule has 0 spiro atoms. The molecule has 3 aromatic rings. The summed E-state index contributed by atoms with van der Waals surface area (Å²) in [6, 6.07) is 7.87. The van der Waals surface area contributed by atoms with E-state index in [4.69, 9.17) is 9.52 Å². The van der Waals surface area contributed by atoms with Crippen molar-refractivity contribution in [3.05, 3.63) is 64.5 Å². The van der Waals surface area contributed by atoms with Gasteiger partial charge in [-0.3, -0.25) is 4.99 Å². The summed E-state index contributed by atoms with van der Waals surface area (Å²) in [5, 5.41) is 8.83. The first-order chi connectivity index (χ1) is 10.8. The standard InChI is InChI=1S/C16H15N3OS2/c1-3-8-17-16-19(18-12(2)14-6-4-9-20-14)13(11-22-16)15-7-5-10-21-15/h3-7,9-11H,1,8H2,2H3. The van der Waals surface area contributed by atoms with E-state index in [0.717, 1.165) is 26.8 Å². The highest BCUT2D eigenvalue weighted by atomic mass is 32.1. The van der Waals surface area contributed by atoms with Crippen LogP contribution in [0.2, 0.25) is 0 Å². The van der Waals surface area contributed by atoms with Crippen LogP contribution in [0.5, 0.6) is 0 Å². The molecule has 0 fully saturated rings. The Bertz CT molecular complexity index is 836. The van der Waals surface area contributed by atoms with E-state index in [0.29, 0.717) is 6.54 Å². The van der Waals surface area contributed by atoms with Gasteiger partial charge in [-0.1, -0.05) is 12.1 Å². The van der Waals surface area contributed by atoms with Crippen molar-refractivity contribution in [3.8, 4) is 10.6 Å². The molecule has 0 aliphatic rings. The molecule has 0 atom stereocenters. The van der Waals surface area contributed by atoms with Gasteiger partial charge in [0.05, 0.1) is 23.4 Å². The minimum atomic E-state index is 0.569. The highest BCUT2D eigenvalue weighted by Gasteiger charge is 2.10. The summed E-state index contributed by atoms with van der Waals surface area (Å²) in [6.45, 7) is 6.22. The third kappa shape index (κ3) is 3.03. The van der Waals surface area contributed by atoms with E-state index in [-0.39, 0.29) is 0 Å². The molecule has 112 valence electrons. The van der Waals surface area contributed by atoms with Gasteiger partial charge in [0.1, 0.15) is 11.5 Å². The van der Waals surface area contributed by atoms with E-state index in [1.54, 1.807) is 35.0 Å². The van der Waals surface area contributed by atoms with E-state index in [2.05, 4.69) is 28.4 Å². The highest BCUT2D eigenvalue weighted by molar-refractivity contribution is 7.14. The first kappa shape index (κ1) is 14.7. The van der Waals surface area contributed by atoms with E-state index in [1.165, 1.54) is 0 Å². The number of hydrogen-bond acceptors (Lipinski definition) is 5. The maximum Gasteiger partial charge on any atom is 0.206 e. The van der Waals surface area contributed by atoms with E-state index in [1.807, 2.05) is 29.8 Å². The maximum atomic E-state index is 5.41. The minimum Gasteiger partial charge on any atom is -0.463 e. The summed E-state index contributed by atoms with van der Waals surface area (Å²) in [5.41, 5.74) is 1.84. The third-order valence-corrected chi connectivity index (χ3v) is 4.69. The Hall–Kier alpha value is -2.18. The molecule has 0 saturated heterocycles. The van der Waals surface area contributed by atoms with Crippen molar-refractivity contribution in [3.63, 3.8) is 0 Å². The molecule has 6 heteroatoms. The second-order valence-corrected chi connectivity index (χ2v) is 6.27. The molecule has 3 aromatic heterocycles. The molecule has 3 rings (SSSR count). The van der Waals surface area contributed by atoms with Crippen LogP contribution in [0.3, 0.4) is 0 Å². The SMILES string of the molecule is C=CCN=c1scc(-c2cccs2)n1N=C(C)c1ccco1. The van der Waals surface area contributed by atoms with Gasteiger partial charge in [-0.15, -0.1) is 29.3 Å². The van der Waals surface area contributed by atoms with Crippen LogP contribution in [-0.4, -0.2) is 16.9 Å². The molecule has 0 N–H and O–H groups in total. The molecule has 0 amide bonds. The molecule has 0 aromatic carbocycles. The van der Waals surface area contributed by atoms with Gasteiger partial charge in [0.15, 0.2) is 0 Å². The average Bonchev–Trinajstić information content (AvgIpc) is 3.26. The van der Waals surface area contributed by atoms with E-state index < -0.39 is 0 Å². The molecular formula is C16H15N3OS2. The number of thiophene rings is 1. The van der Waals surface area contributed by atoms with Gasteiger partial charge in [0.2, 0.25) is 4.80 Å². The fraction of sp³-hybridized carbons (Fsp3) is 0.125. The number of nitrogens with zero attached hydrogens (tertiary/aromatic N) is 3. The fourth-order valence-electron chi connectivity index (χ4n) is 1.93. The van der Waals surface area contributed by atoms with E-state index >= 15 is 0 Å². The molecule has 3 heterocycles. The highest BCUT2D eigenvalue weighted by Crippen LogP contribution is 2.25. The fourth-order valence-corrected chi connectivity index (χ4v) is 3.56. The van der Waals surface area contributed by atoms with Crippen molar-refractivity contribution in [2.24, 2.45) is 10.1 Å². The second-order valence-electron chi connectivity index (χ2n) is 4.48. The lowest BCUT2D eigenvalue weighted by Gasteiger charge is -2.02. The molecule has 4 nitrogen and oxygen atoms in total. The molecule has 0 radical (unpaired) electrons. The molecular weight excluding hydrogens is 314 g/mol. The zero-order valence-electron chi connectivity index (χ0n) is 12.1. The molecule has 0 aliphatic heterocycles. The van der Waals surface area contributed by atoms with Gasteiger partial charge in [-0.25, -0.2) is 4.68 Å². The summed E-state index contributed by atoms with van der Waals surface area (Å²) in [5.74, 6) is 0.755. The van der Waals surface area contributed by atoms with Crippen LogP contribution in [0.4, 0.5) is 0 Å². The van der Waals surface area contributed by atoms with Crippen molar-refractivity contribution in [1.82, 2.24) is 4.68 Å². The Balaban J connectivity index is 2.13. The Morgan fingerprint density at radius 2 is 2.27 bits per heavy atom. The molecule has 0 bridgehead atoms. The number of hydrogen-bond donors (Lipinski definition) is 0. The number of furan rings is 1. The van der Waals surface area contributed by atoms with Crippen molar-refractivity contribution >= 4 is 28.4 Å². The summed E-state index contributed by atoms with van der Waals surface area (Å²) in [4.78, 5) is 6.52. The lowest BCUT2D eigenvalue weighted by molar-refractivity contribution is 0.556. The number of rotatable bonds is 5. The van der Waals surface area contributed by atoms with Gasteiger partial charge in [0, 0.05) is 5.38 Å². The largest absolute Gasteiger partial charge is 0.463 e. The number of thiazole rings is 1. The van der Waals surface area contributed by atoms with Gasteiger partial charge in [-0.05, 0) is 30.5 Å². The van der Waals surface area contributed by atoms with Crippen LogP contribution in [0.15, 0.2) is 68.5 Å². The topological polar surface area (TPSA) is 42.8 Å². The zero-order valence-corrected chi connectivity index (χ0v) is 13.7. The Morgan fingerprint density at radius 3 is 2.95 bits per heavy atom. The van der Waals surface area contributed by atoms with Gasteiger partial charge >= 0.3 is 0 Å². The van der Waals surface area contributed by atoms with Crippen LogP contribution in [-0.2, 0) is 0 Å². The predicted molar refractivity (Wildman–Crippen MR) is 92.6 cm³/mol. The Labute approximate surface area is 136 Å². The lowest BCUT2D eigenvalue weighted by Crippen LogP contribution is -2.14. The summed E-state index contributed by atoms with van der Waals surface area (Å²) < 4.78 is 7.28. The molecule has 0 aliphatic carbocycles. The Kier molecular flexibility index (Phi) is 4.50. The summed E-state index contributed by atoms with van der Waals surface area (Å²) in [7, 11) is 0. The number of aromatic nitrogens is 1. The molecule has 0 saturated carbocycles. The molecule has 0 unspecified atom stereocenters. The van der Waals surface area contributed by atoms with Crippen molar-refractivity contribution < 1.29 is 4.42 Å². The van der Waals surface area contributed by atoms with E-state index in [9.17, 15) is 0 Å². The van der Waals surface area contributed by atoms with Gasteiger partial charge < -0.3 is 4.42 Å². The van der Waals surface area contributed by atoms with Gasteiger partial charge in [0.25, 0.3) is 0 Å². The second kappa shape index (κ2) is 6.72. The third-order valence-electron chi connectivity index (χ3n) is 2.94. The predicted octanol–water partition coefficient (Wildman–Crippen LogP) is 4.23. The summed E-state index contributed by atoms with van der Waals surface area (Å²) in [6.07, 6.45) is 3.42. The minimum absolute atomic E-state index is 0.569. The van der Waals surface area contributed by atoms with Crippen LogP contribution < -0.4 is 4.80 Å². The van der Waals surface area contributed by atoms with Crippen LogP contribution in [0.1, 0.15) is 12.7 Å². The first-order valence-corrected chi connectivity index (χ1v) is 8.51. The lowest BCUT2D eigenvalue weighted by atomic mass is 10.3. The van der Waals surface area contributed by atoms with Crippen molar-refractivity contribution in [1.29, 1.82) is 0 Å². The van der Waals surface area contributed by atoms with Crippen molar-refractivity contribution in [2.45, 2.75) is 6.92 Å². The average molecular weight is 329 g/mol. The monoisotopic (exact) mass is 329 g/mol. The van der Waals surface area contributed by atoms with Gasteiger partial charge in [-0.2, -0.15) is 5.10 Å². The van der Waals surface area contributed by atoms with Crippen molar-refractivity contribution in [2.75, 3.05) is 6.54 Å². The quantitative estimate of drug-likeness (QED) is 0.510. The first-order valence-electron chi connectivity index (χ1n) is 6.75. The zero-order chi connectivity index (χ0) is 15.4. The normalized spacial score (nSPS) is 12.8. The maximum absolute atomic E-state index is 5.41. The Morgan fingerprint density at radius 1 is 1.36 bits per heavy atom. The smallest absolute Gasteiger partial charge is 0.206 e. The summed E-state index contributed by atoms with van der Waals surface area (Å²) >= 11 is 3.25. The van der Waals surface area contributed by atoms with Crippen LogP contribution >= 0.6 is 22.7 Å². The molecule has 22 heavy (non-hydrogen) atoms. The van der Waals surface area contributed by atoms with Crippen LogP contribution in [0.25, 0.3) is 10.6 Å². The van der Waals surface area contributed by atoms with Crippen LogP contribution in [0, 0.1) is 0 Å².